The summed E-state index contributed by atoms with van der Waals surface area (Å²) in [4.78, 5) is 16.9. The average Bonchev–Trinajstić information content (AvgIpc) is 2.84. The molecule has 0 aliphatic heterocycles. The number of aromatic amines is 1. The number of nitrogens with one attached hydrogen (secondary N) is 1. The van der Waals surface area contributed by atoms with E-state index in [9.17, 15) is 18.0 Å². The third-order valence-corrected chi connectivity index (χ3v) is 3.42. The molecule has 0 bridgehead atoms. The van der Waals surface area contributed by atoms with E-state index in [2.05, 4.69) is 10.1 Å². The van der Waals surface area contributed by atoms with Crippen LogP contribution in [0.25, 0.3) is 11.0 Å². The number of aromatic nitrogens is 4. The van der Waals surface area contributed by atoms with E-state index in [1.54, 1.807) is 29.2 Å². The molecule has 3 rings (SSSR count). The lowest BCUT2D eigenvalue weighted by Gasteiger charge is -2.07. The highest BCUT2D eigenvalue weighted by molar-refractivity contribution is 6.31. The molecular weight excluding hydrogens is 321 g/mol. The van der Waals surface area contributed by atoms with Gasteiger partial charge in [-0.15, -0.1) is 0 Å². The summed E-state index contributed by atoms with van der Waals surface area (Å²) in [6.45, 7) is 0.108. The minimum Gasteiger partial charge on any atom is -0.302 e. The highest BCUT2D eigenvalue weighted by atomic mass is 35.5. The van der Waals surface area contributed by atoms with Gasteiger partial charge in [0.2, 0.25) is 5.82 Å². The van der Waals surface area contributed by atoms with E-state index in [4.69, 9.17) is 11.6 Å². The standard InChI is InChI=1S/C13H8ClF3N4O/c14-9-4-2-1-3-7(9)6-21-10-8(5-18-21)11(22)20-12(19-10)13(15,16)17/h1-5H,6H2,(H,19,20,22). The Balaban J connectivity index is 2.13. The molecule has 0 aliphatic carbocycles. The SMILES string of the molecule is O=c1[nH]c(C(F)(F)F)nc2c1cnn2Cc1ccccc1Cl. The number of hydrogen-bond donors (Lipinski definition) is 1. The maximum Gasteiger partial charge on any atom is 0.449 e. The maximum absolute atomic E-state index is 12.7. The quantitative estimate of drug-likeness (QED) is 0.786. The predicted molar refractivity (Wildman–Crippen MR) is 73.7 cm³/mol. The van der Waals surface area contributed by atoms with Crippen molar-refractivity contribution in [1.82, 2.24) is 19.7 Å². The smallest absolute Gasteiger partial charge is 0.302 e. The van der Waals surface area contributed by atoms with Crippen molar-refractivity contribution in [3.63, 3.8) is 0 Å². The van der Waals surface area contributed by atoms with Crippen molar-refractivity contribution >= 4 is 22.6 Å². The van der Waals surface area contributed by atoms with Crippen LogP contribution >= 0.6 is 11.6 Å². The molecule has 0 saturated heterocycles. The first-order valence-corrected chi connectivity index (χ1v) is 6.50. The molecule has 2 heterocycles. The summed E-state index contributed by atoms with van der Waals surface area (Å²) in [6, 6.07) is 6.85. The van der Waals surface area contributed by atoms with Gasteiger partial charge < -0.3 is 4.98 Å². The normalized spacial score (nSPS) is 12.0. The highest BCUT2D eigenvalue weighted by Gasteiger charge is 2.35. The summed E-state index contributed by atoms with van der Waals surface area (Å²) in [5.41, 5.74) is -0.372. The van der Waals surface area contributed by atoms with Gasteiger partial charge in [-0.05, 0) is 11.6 Å². The number of nitrogens with zero attached hydrogens (tertiary/aromatic N) is 3. The molecule has 9 heteroatoms. The van der Waals surface area contributed by atoms with Gasteiger partial charge in [0, 0.05) is 5.02 Å². The van der Waals surface area contributed by atoms with Crippen molar-refractivity contribution in [2.45, 2.75) is 12.7 Å². The number of rotatable bonds is 2. The number of halogens is 4. The van der Waals surface area contributed by atoms with Crippen LogP contribution in [0.2, 0.25) is 5.02 Å². The van der Waals surface area contributed by atoms with Gasteiger partial charge in [-0.3, -0.25) is 4.79 Å². The first kappa shape index (κ1) is 14.6. The second-order valence-corrected chi connectivity index (χ2v) is 4.95. The summed E-state index contributed by atoms with van der Waals surface area (Å²) < 4.78 is 39.4. The molecule has 1 N–H and O–H groups in total. The first-order chi connectivity index (χ1) is 10.4. The molecule has 0 atom stereocenters. The van der Waals surface area contributed by atoms with E-state index in [0.717, 1.165) is 0 Å². The van der Waals surface area contributed by atoms with Crippen molar-refractivity contribution in [3.05, 3.63) is 57.2 Å². The second kappa shape index (κ2) is 5.13. The molecule has 2 aromatic heterocycles. The van der Waals surface area contributed by atoms with Crippen LogP contribution in [0.4, 0.5) is 13.2 Å². The minimum atomic E-state index is -4.74. The van der Waals surface area contributed by atoms with E-state index >= 15 is 0 Å². The van der Waals surface area contributed by atoms with Crippen molar-refractivity contribution in [1.29, 1.82) is 0 Å². The Hall–Kier alpha value is -2.35. The molecule has 0 aliphatic rings. The van der Waals surface area contributed by atoms with Gasteiger partial charge in [0.1, 0.15) is 5.39 Å². The molecule has 5 nitrogen and oxygen atoms in total. The van der Waals surface area contributed by atoms with Crippen molar-refractivity contribution in [2.24, 2.45) is 0 Å². The van der Waals surface area contributed by atoms with Gasteiger partial charge in [-0.2, -0.15) is 18.3 Å². The minimum absolute atomic E-state index is 0.0138. The lowest BCUT2D eigenvalue weighted by Crippen LogP contribution is -2.19. The van der Waals surface area contributed by atoms with E-state index in [1.165, 1.54) is 10.9 Å². The van der Waals surface area contributed by atoms with Gasteiger partial charge >= 0.3 is 6.18 Å². The van der Waals surface area contributed by atoms with Crippen molar-refractivity contribution < 1.29 is 13.2 Å². The summed E-state index contributed by atoms with van der Waals surface area (Å²) in [5.74, 6) is -1.36. The number of benzene rings is 1. The zero-order valence-corrected chi connectivity index (χ0v) is 11.6. The summed E-state index contributed by atoms with van der Waals surface area (Å²) in [6.07, 6.45) is -3.56. The molecule has 3 aromatic rings. The largest absolute Gasteiger partial charge is 0.449 e. The molecule has 114 valence electrons. The van der Waals surface area contributed by atoms with Crippen LogP contribution in [0.3, 0.4) is 0 Å². The van der Waals surface area contributed by atoms with Gasteiger partial charge in [-0.25, -0.2) is 9.67 Å². The third-order valence-electron chi connectivity index (χ3n) is 3.05. The van der Waals surface area contributed by atoms with Crippen molar-refractivity contribution in [2.75, 3.05) is 0 Å². The lowest BCUT2D eigenvalue weighted by atomic mass is 10.2. The summed E-state index contributed by atoms with van der Waals surface area (Å²) >= 11 is 6.02. The molecule has 0 unspecified atom stereocenters. The van der Waals surface area contributed by atoms with E-state index in [1.807, 2.05) is 0 Å². The number of alkyl halides is 3. The molecule has 0 radical (unpaired) electrons. The average molecular weight is 329 g/mol. The maximum atomic E-state index is 12.7. The van der Waals surface area contributed by atoms with Crippen LogP contribution in [0.15, 0.2) is 35.3 Å². The fourth-order valence-electron chi connectivity index (χ4n) is 2.00. The van der Waals surface area contributed by atoms with Crippen LogP contribution < -0.4 is 5.56 Å². The van der Waals surface area contributed by atoms with Crippen LogP contribution in [0.5, 0.6) is 0 Å². The predicted octanol–water partition coefficient (Wildman–Crippen LogP) is 2.84. The van der Waals surface area contributed by atoms with Gasteiger partial charge in [0.15, 0.2) is 5.65 Å². The zero-order valence-electron chi connectivity index (χ0n) is 10.9. The number of fused-ring (bicyclic) bond motifs is 1. The summed E-state index contributed by atoms with van der Waals surface area (Å²) in [5, 5.41) is 4.36. The van der Waals surface area contributed by atoms with Gasteiger partial charge in [-0.1, -0.05) is 29.8 Å². The van der Waals surface area contributed by atoms with E-state index in [-0.39, 0.29) is 17.6 Å². The monoisotopic (exact) mass is 328 g/mol. The number of hydrogen-bond acceptors (Lipinski definition) is 3. The van der Waals surface area contributed by atoms with Crippen LogP contribution in [-0.4, -0.2) is 19.7 Å². The topological polar surface area (TPSA) is 63.6 Å². The Labute approximate surface area is 126 Å². The Bertz CT molecular complexity index is 900. The Morgan fingerprint density at radius 3 is 2.68 bits per heavy atom. The molecule has 22 heavy (non-hydrogen) atoms. The fraction of sp³-hybridized carbons (Fsp3) is 0.154. The van der Waals surface area contributed by atoms with E-state index in [0.29, 0.717) is 10.6 Å². The Kier molecular flexibility index (Phi) is 3.40. The molecule has 0 saturated carbocycles. The second-order valence-electron chi connectivity index (χ2n) is 4.54. The first-order valence-electron chi connectivity index (χ1n) is 6.12. The van der Waals surface area contributed by atoms with Crippen molar-refractivity contribution in [3.8, 4) is 0 Å². The Morgan fingerprint density at radius 2 is 2.00 bits per heavy atom. The van der Waals surface area contributed by atoms with E-state index < -0.39 is 17.6 Å². The molecule has 0 fully saturated rings. The zero-order chi connectivity index (χ0) is 15.9. The molecule has 0 amide bonds. The molecule has 1 aromatic carbocycles. The van der Waals surface area contributed by atoms with Gasteiger partial charge in [0.05, 0.1) is 12.7 Å². The highest BCUT2D eigenvalue weighted by Crippen LogP contribution is 2.26. The third kappa shape index (κ3) is 2.57. The van der Waals surface area contributed by atoms with Crippen LogP contribution in [-0.2, 0) is 12.7 Å². The molecular formula is C13H8ClF3N4O. The number of H-pyrrole nitrogens is 1. The van der Waals surface area contributed by atoms with Crippen LogP contribution in [0, 0.1) is 0 Å². The van der Waals surface area contributed by atoms with Crippen LogP contribution in [0.1, 0.15) is 11.4 Å². The fourth-order valence-corrected chi connectivity index (χ4v) is 2.20. The Morgan fingerprint density at radius 1 is 1.27 bits per heavy atom. The summed E-state index contributed by atoms with van der Waals surface area (Å²) in [7, 11) is 0. The lowest BCUT2D eigenvalue weighted by molar-refractivity contribution is -0.144. The molecule has 0 spiro atoms. The van der Waals surface area contributed by atoms with Gasteiger partial charge in [0.25, 0.3) is 5.56 Å².